The molecule has 6 heteroatoms. The lowest BCUT2D eigenvalue weighted by Gasteiger charge is -2.32. The van der Waals surface area contributed by atoms with Gasteiger partial charge in [0.1, 0.15) is 5.82 Å². The molecule has 2 heterocycles. The second-order valence-electron chi connectivity index (χ2n) is 7.93. The molecule has 1 aromatic rings. The van der Waals surface area contributed by atoms with Crippen LogP contribution in [0.3, 0.4) is 0 Å². The number of likely N-dealkylation sites (tertiary alicyclic amines) is 1. The van der Waals surface area contributed by atoms with Gasteiger partial charge in [0.25, 0.3) is 0 Å². The number of hydrogen-bond donors (Lipinski definition) is 1. The fraction of sp³-hybridized carbons (Fsp3) is 0.824. The van der Waals surface area contributed by atoms with Crippen LogP contribution in [0.25, 0.3) is 0 Å². The van der Waals surface area contributed by atoms with E-state index in [1.165, 1.54) is 25.7 Å². The van der Waals surface area contributed by atoms with Crippen molar-refractivity contribution >= 4 is 18.1 Å². The molecule has 0 radical (unpaired) electrons. The largest absolute Gasteiger partial charge is 0.342 e. The Morgan fingerprint density at radius 3 is 2.52 bits per heavy atom. The molecule has 1 aliphatic heterocycles. The Hall–Kier alpha value is -1.17. The van der Waals surface area contributed by atoms with Gasteiger partial charge in [-0.2, -0.15) is 5.10 Å². The lowest BCUT2D eigenvalue weighted by Crippen LogP contribution is -2.39. The predicted octanol–water partition coefficient (Wildman–Crippen LogP) is 3.03. The Morgan fingerprint density at radius 1 is 1.13 bits per heavy atom. The van der Waals surface area contributed by atoms with Crippen LogP contribution < -0.4 is 0 Å². The minimum atomic E-state index is 0.361. The third-order valence-electron chi connectivity index (χ3n) is 6.20. The van der Waals surface area contributed by atoms with E-state index in [1.807, 2.05) is 0 Å². The number of aromatic nitrogens is 3. The molecule has 1 saturated heterocycles. The summed E-state index contributed by atoms with van der Waals surface area (Å²) < 4.78 is 3.01. The highest BCUT2D eigenvalue weighted by molar-refractivity contribution is 7.71. The number of amides is 1. The predicted molar refractivity (Wildman–Crippen MR) is 88.6 cm³/mol. The van der Waals surface area contributed by atoms with E-state index in [2.05, 4.69) is 19.7 Å². The van der Waals surface area contributed by atoms with Crippen molar-refractivity contribution in [1.82, 2.24) is 19.7 Å². The lowest BCUT2D eigenvalue weighted by atomic mass is 9.95. The first-order valence-corrected chi connectivity index (χ1v) is 9.59. The topological polar surface area (TPSA) is 53.9 Å². The zero-order valence-electron chi connectivity index (χ0n) is 13.4. The number of hydrogen-bond acceptors (Lipinski definition) is 3. The van der Waals surface area contributed by atoms with Crippen LogP contribution in [0.1, 0.15) is 62.7 Å². The van der Waals surface area contributed by atoms with E-state index in [4.69, 9.17) is 12.2 Å². The van der Waals surface area contributed by atoms with Crippen molar-refractivity contribution in [3.05, 3.63) is 10.6 Å². The van der Waals surface area contributed by atoms with E-state index in [0.717, 1.165) is 54.8 Å². The highest BCUT2D eigenvalue weighted by Crippen LogP contribution is 2.55. The molecule has 3 saturated carbocycles. The fourth-order valence-electron chi connectivity index (χ4n) is 4.43. The van der Waals surface area contributed by atoms with E-state index < -0.39 is 0 Å². The molecule has 4 fully saturated rings. The van der Waals surface area contributed by atoms with Crippen LogP contribution in [0.5, 0.6) is 0 Å². The standard InChI is InChI=1S/C17H24N4OS/c22-16(14-9-13(14)10-1-2-10)20-7-5-11(6-8-20)15-18-19-17(23)21(15)12-3-4-12/h10-14H,1-9H2,(H,19,23)/t13-,14+/m1/s1. The molecule has 124 valence electrons. The maximum Gasteiger partial charge on any atom is 0.225 e. The van der Waals surface area contributed by atoms with Gasteiger partial charge in [-0.3, -0.25) is 9.89 Å². The summed E-state index contributed by atoms with van der Waals surface area (Å²) in [5.41, 5.74) is 0. The molecule has 0 aromatic carbocycles. The van der Waals surface area contributed by atoms with Gasteiger partial charge in [0.15, 0.2) is 4.77 Å². The molecule has 2 atom stereocenters. The van der Waals surface area contributed by atoms with Crippen LogP contribution in [0.4, 0.5) is 0 Å². The Balaban J connectivity index is 1.23. The molecule has 1 amide bonds. The summed E-state index contributed by atoms with van der Waals surface area (Å²) >= 11 is 5.39. The van der Waals surface area contributed by atoms with Gasteiger partial charge in [0, 0.05) is 31.0 Å². The van der Waals surface area contributed by atoms with Gasteiger partial charge in [0.05, 0.1) is 0 Å². The zero-order valence-corrected chi connectivity index (χ0v) is 14.2. The SMILES string of the molecule is O=C([C@H]1C[C@@H]1C1CC1)N1CCC(c2n[nH]c(=S)n2C2CC2)CC1. The Bertz CT molecular complexity index is 679. The number of rotatable bonds is 4. The van der Waals surface area contributed by atoms with E-state index in [9.17, 15) is 4.79 Å². The van der Waals surface area contributed by atoms with Gasteiger partial charge in [0.2, 0.25) is 5.91 Å². The summed E-state index contributed by atoms with van der Waals surface area (Å²) in [4.78, 5) is 14.7. The molecule has 0 spiro atoms. The van der Waals surface area contributed by atoms with Crippen molar-refractivity contribution in [3.8, 4) is 0 Å². The number of carbonyl (C=O) groups is 1. The zero-order chi connectivity index (χ0) is 15.6. The maximum absolute atomic E-state index is 12.6. The second kappa shape index (κ2) is 5.16. The molecule has 23 heavy (non-hydrogen) atoms. The van der Waals surface area contributed by atoms with Gasteiger partial charge in [-0.05, 0) is 69.0 Å². The van der Waals surface area contributed by atoms with Gasteiger partial charge < -0.3 is 9.47 Å². The van der Waals surface area contributed by atoms with Crippen molar-refractivity contribution in [2.24, 2.45) is 17.8 Å². The lowest BCUT2D eigenvalue weighted by molar-refractivity contribution is -0.134. The number of aromatic amines is 1. The number of H-pyrrole nitrogens is 1. The number of carbonyl (C=O) groups excluding carboxylic acids is 1. The summed E-state index contributed by atoms with van der Waals surface area (Å²) in [6.45, 7) is 1.78. The molecule has 5 rings (SSSR count). The molecule has 0 bridgehead atoms. The van der Waals surface area contributed by atoms with Crippen LogP contribution >= 0.6 is 12.2 Å². The third kappa shape index (κ3) is 2.55. The fourth-order valence-corrected chi connectivity index (χ4v) is 4.72. The maximum atomic E-state index is 12.6. The Kier molecular flexibility index (Phi) is 3.19. The van der Waals surface area contributed by atoms with Crippen LogP contribution in [0.2, 0.25) is 0 Å². The summed E-state index contributed by atoms with van der Waals surface area (Å²) in [6, 6.07) is 0.571. The summed E-state index contributed by atoms with van der Waals surface area (Å²) in [7, 11) is 0. The van der Waals surface area contributed by atoms with E-state index in [1.54, 1.807) is 0 Å². The van der Waals surface area contributed by atoms with E-state index in [-0.39, 0.29) is 0 Å². The first-order valence-electron chi connectivity index (χ1n) is 9.18. The van der Waals surface area contributed by atoms with Crippen LogP contribution in [-0.2, 0) is 4.79 Å². The van der Waals surface area contributed by atoms with E-state index >= 15 is 0 Å². The summed E-state index contributed by atoms with van der Waals surface area (Å²) in [5.74, 6) is 3.99. The highest BCUT2D eigenvalue weighted by atomic mass is 32.1. The van der Waals surface area contributed by atoms with Crippen molar-refractivity contribution in [1.29, 1.82) is 0 Å². The second-order valence-corrected chi connectivity index (χ2v) is 8.32. The van der Waals surface area contributed by atoms with Crippen molar-refractivity contribution in [2.45, 2.75) is 56.9 Å². The van der Waals surface area contributed by atoms with Crippen LogP contribution in [0.15, 0.2) is 0 Å². The normalized spacial score (nSPS) is 31.4. The quantitative estimate of drug-likeness (QED) is 0.862. The van der Waals surface area contributed by atoms with E-state index in [0.29, 0.717) is 23.8 Å². The van der Waals surface area contributed by atoms with Crippen molar-refractivity contribution in [2.75, 3.05) is 13.1 Å². The van der Waals surface area contributed by atoms with Gasteiger partial charge in [-0.1, -0.05) is 0 Å². The average molecular weight is 332 g/mol. The minimum Gasteiger partial charge on any atom is -0.342 e. The van der Waals surface area contributed by atoms with Crippen LogP contribution in [0, 0.1) is 22.5 Å². The highest BCUT2D eigenvalue weighted by Gasteiger charge is 2.52. The third-order valence-corrected chi connectivity index (χ3v) is 6.49. The van der Waals surface area contributed by atoms with Gasteiger partial charge >= 0.3 is 0 Å². The number of nitrogens with one attached hydrogen (secondary N) is 1. The molecule has 1 aromatic heterocycles. The molecule has 3 aliphatic carbocycles. The number of nitrogens with zero attached hydrogens (tertiary/aromatic N) is 3. The summed E-state index contributed by atoms with van der Waals surface area (Å²) in [5, 5.41) is 7.48. The van der Waals surface area contributed by atoms with Crippen molar-refractivity contribution in [3.63, 3.8) is 0 Å². The first-order chi connectivity index (χ1) is 11.2. The average Bonchev–Trinajstić information content (AvgIpc) is 3.44. The molecular weight excluding hydrogens is 308 g/mol. The first kappa shape index (κ1) is 14.2. The molecular formula is C17H24N4OS. The monoisotopic (exact) mass is 332 g/mol. The van der Waals surface area contributed by atoms with Gasteiger partial charge in [-0.25, -0.2) is 0 Å². The number of piperidine rings is 1. The Labute approximate surface area is 141 Å². The van der Waals surface area contributed by atoms with Crippen molar-refractivity contribution < 1.29 is 4.79 Å². The minimum absolute atomic E-state index is 0.361. The Morgan fingerprint density at radius 2 is 1.87 bits per heavy atom. The molecule has 4 aliphatic rings. The molecule has 1 N–H and O–H groups in total. The summed E-state index contributed by atoms with van der Waals surface area (Å²) in [6.07, 6.45) is 8.38. The smallest absolute Gasteiger partial charge is 0.225 e. The van der Waals surface area contributed by atoms with Crippen LogP contribution in [-0.4, -0.2) is 38.7 Å². The van der Waals surface area contributed by atoms with Gasteiger partial charge in [-0.15, -0.1) is 0 Å². The molecule has 5 nitrogen and oxygen atoms in total. The molecule has 0 unspecified atom stereocenters.